The number of nitrogens with one attached hydrogen (secondary N) is 5. The van der Waals surface area contributed by atoms with Crippen molar-refractivity contribution in [2.45, 2.75) is 182 Å². The molecular weight excluding hydrogens is 1510 g/mol. The molecule has 1 aliphatic carbocycles. The summed E-state index contributed by atoms with van der Waals surface area (Å²) in [6.07, 6.45) is 8.73. The second-order valence-corrected chi connectivity index (χ2v) is 36.7. The van der Waals surface area contributed by atoms with Gasteiger partial charge in [-0.05, 0) is 152 Å². The highest BCUT2D eigenvalue weighted by atomic mass is 35.5. The Balaban J connectivity index is 0.649. The largest absolute Gasteiger partial charge is 0.501 e. The van der Waals surface area contributed by atoms with E-state index < -0.39 is 82.3 Å². The molecule has 110 heavy (non-hydrogen) atoms. The molecule has 21 nitrogen and oxygen atoms in total. The summed E-state index contributed by atoms with van der Waals surface area (Å²) in [5.74, 6) is -1.71. The number of aromatic nitrogens is 1. The Morgan fingerprint density at radius 1 is 0.782 bits per heavy atom. The summed E-state index contributed by atoms with van der Waals surface area (Å²) in [6.45, 7) is 18.5. The highest BCUT2D eigenvalue weighted by molar-refractivity contribution is 7.99. The van der Waals surface area contributed by atoms with E-state index in [9.17, 15) is 59.1 Å². The molecule has 3 fully saturated rings. The van der Waals surface area contributed by atoms with Gasteiger partial charge in [0, 0.05) is 118 Å². The van der Waals surface area contributed by atoms with Gasteiger partial charge in [0.25, 0.3) is 25.8 Å². The number of alkyl halides is 3. The Labute approximate surface area is 658 Å². The van der Waals surface area contributed by atoms with Gasteiger partial charge in [-0.2, -0.15) is 13.2 Å². The number of anilines is 2. The van der Waals surface area contributed by atoms with Crippen molar-refractivity contribution in [2.75, 3.05) is 94.6 Å². The van der Waals surface area contributed by atoms with E-state index in [-0.39, 0.29) is 54.1 Å². The first-order valence-corrected chi connectivity index (χ1v) is 43.2. The molecule has 4 aliphatic rings. The topological polar surface area (TPSA) is 269 Å². The number of piperazine rings is 1. The number of hydrogen-bond donors (Lipinski definition) is 6. The number of unbranched alkanes of at least 4 members (excludes halogenated alkanes) is 6. The summed E-state index contributed by atoms with van der Waals surface area (Å²) in [4.78, 5) is 80.8. The van der Waals surface area contributed by atoms with Crippen LogP contribution >= 0.6 is 34.7 Å². The third-order valence-electron chi connectivity index (χ3n) is 21.1. The van der Waals surface area contributed by atoms with Gasteiger partial charge in [-0.3, -0.25) is 33.8 Å². The Bertz CT molecular complexity index is 4390. The van der Waals surface area contributed by atoms with Gasteiger partial charge < -0.3 is 40.9 Å². The van der Waals surface area contributed by atoms with Crippen LogP contribution in [0.4, 0.5) is 24.5 Å². The maximum atomic E-state index is 14.4. The van der Waals surface area contributed by atoms with Gasteiger partial charge in [0.15, 0.2) is 0 Å². The van der Waals surface area contributed by atoms with Crippen molar-refractivity contribution in [3.05, 3.63) is 160 Å². The standard InChI is InChI=1S/C81H104ClF3N10O11S4/c1-55(57-21-23-59(24-22-57)74-56(2)87-54-108-74)88-77(100)70-47-65(96)51-95(70)78(101)75(79(3,4)5)90-73(98)20-16-11-9-7-8-10-15-19-72(97)86-53-80(6)37-35-68(58-25-29-62(82)30-26-58)61(49-80)50-93-39-41-94(42-40-93)64-31-27-60(28-32-64)76(99)91-110(104,105)67-33-34-69(71(48-67)109(102,103)81(83,84)85)89-63(36-38-92-43-45-106-46-44-92)52-107-66-17-13-12-14-18-66/h12-14,17-18,21-34,48,54-55,63,65,70,75,89,96H,7-11,15-16,19-20,35-47,49-53H2,1-6H3,(H,86,97)(H,88,100)(H,90,98)(H,91,99). The van der Waals surface area contributed by atoms with E-state index in [1.807, 2.05) is 112 Å². The number of morpholine rings is 1. The number of carbonyl (C=O) groups excluding carboxylic acids is 5. The van der Waals surface area contributed by atoms with Crippen molar-refractivity contribution in [2.24, 2.45) is 10.8 Å². The molecule has 0 radical (unpaired) electrons. The Morgan fingerprint density at radius 2 is 1.43 bits per heavy atom. The number of likely N-dealkylation sites (tertiary alicyclic amines) is 1. The normalized spacial score (nSPS) is 19.2. The molecule has 4 heterocycles. The number of benzene rings is 5. The number of carbonyl (C=O) groups is 5. The maximum absolute atomic E-state index is 14.4. The number of aliphatic hydroxyl groups is 1. The minimum Gasteiger partial charge on any atom is -0.391 e. The lowest BCUT2D eigenvalue weighted by molar-refractivity contribution is -0.144. The SMILES string of the molecule is Cc1ncsc1-c1ccc(C(C)NC(=O)C2CC(O)CN2C(=O)C(NC(=O)CCCCCCCCCC(=O)NCC2(C)CCC(c3ccc(Cl)cc3)=C(CN3CCN(c4ccc(C(=O)NS(=O)(=O)c5ccc(NC(CCN6CCOCC6)CSc6ccccc6)c(S(=O)(=O)C(F)(F)F)c5)cc4)CC3)C2)C(C)(C)C)cc1. The van der Waals surface area contributed by atoms with E-state index in [1.54, 1.807) is 23.5 Å². The van der Waals surface area contributed by atoms with Crippen LogP contribution in [0.1, 0.15) is 158 Å². The quantitative estimate of drug-likeness (QED) is 0.0162. The number of aliphatic hydroxyl groups excluding tert-OH is 1. The smallest absolute Gasteiger partial charge is 0.391 e. The number of halogens is 4. The van der Waals surface area contributed by atoms with Crippen LogP contribution in [0.5, 0.6) is 0 Å². The van der Waals surface area contributed by atoms with Crippen LogP contribution in [-0.2, 0) is 43.8 Å². The van der Waals surface area contributed by atoms with Crippen molar-refractivity contribution in [1.29, 1.82) is 0 Å². The Morgan fingerprint density at radius 3 is 2.06 bits per heavy atom. The number of thiazole rings is 1. The first-order chi connectivity index (χ1) is 52.3. The lowest BCUT2D eigenvalue weighted by Crippen LogP contribution is -2.57. The molecule has 29 heteroatoms. The van der Waals surface area contributed by atoms with E-state index in [1.165, 1.54) is 39.9 Å². The lowest BCUT2D eigenvalue weighted by atomic mass is 9.71. The van der Waals surface area contributed by atoms with Crippen molar-refractivity contribution in [1.82, 2.24) is 40.4 Å². The average Bonchev–Trinajstić information content (AvgIpc) is 0.969. The molecule has 0 saturated carbocycles. The van der Waals surface area contributed by atoms with Gasteiger partial charge in [0.05, 0.1) is 52.0 Å². The van der Waals surface area contributed by atoms with Crippen LogP contribution in [0.15, 0.2) is 147 Å². The number of hydrogen-bond acceptors (Lipinski definition) is 18. The number of β-amino-alcohol motifs (C(OH)–C–C–N with tert-alkyl or cyclic N) is 1. The molecule has 5 aromatic carbocycles. The number of aryl methyl sites for hydroxylation is 1. The summed E-state index contributed by atoms with van der Waals surface area (Å²) in [6, 6.07) is 31.2. The van der Waals surface area contributed by atoms with Crippen LogP contribution in [-0.4, -0.2) is 185 Å². The predicted molar refractivity (Wildman–Crippen MR) is 427 cm³/mol. The fourth-order valence-corrected chi connectivity index (χ4v) is 18.6. The van der Waals surface area contributed by atoms with E-state index >= 15 is 0 Å². The monoisotopic (exact) mass is 1610 g/mol. The Kier molecular flexibility index (Phi) is 29.7. The number of nitrogens with zero attached hydrogens (tertiary/aromatic N) is 5. The highest BCUT2D eigenvalue weighted by Crippen LogP contribution is 2.44. The first-order valence-electron chi connectivity index (χ1n) is 38.0. The summed E-state index contributed by atoms with van der Waals surface area (Å²) < 4.78 is 105. The fourth-order valence-electron chi connectivity index (χ4n) is 14.6. The van der Waals surface area contributed by atoms with Crippen LogP contribution in [0.2, 0.25) is 5.02 Å². The minimum absolute atomic E-state index is 0.0107. The molecule has 6 N–H and O–H groups in total. The molecule has 0 spiro atoms. The first kappa shape index (κ1) is 85.0. The van der Waals surface area contributed by atoms with E-state index in [0.717, 1.165) is 108 Å². The number of ether oxygens (including phenoxy) is 1. The van der Waals surface area contributed by atoms with Gasteiger partial charge in [-0.15, -0.1) is 23.1 Å². The molecule has 10 rings (SSSR count). The minimum atomic E-state index is -6.11. The summed E-state index contributed by atoms with van der Waals surface area (Å²) in [7, 11) is -11.0. The number of allylic oxidation sites excluding steroid dienone is 1. The third kappa shape index (κ3) is 23.4. The zero-order chi connectivity index (χ0) is 79.0. The van der Waals surface area contributed by atoms with Crippen molar-refractivity contribution in [3.8, 4) is 10.4 Å². The van der Waals surface area contributed by atoms with Gasteiger partial charge in [0.2, 0.25) is 23.6 Å². The molecular formula is C81H104ClF3N10O11S4. The van der Waals surface area contributed by atoms with Gasteiger partial charge in [-0.1, -0.05) is 132 Å². The zero-order valence-electron chi connectivity index (χ0n) is 63.5. The van der Waals surface area contributed by atoms with E-state index in [2.05, 4.69) is 60.0 Å². The molecule has 6 atom stereocenters. The number of thioether (sulfide) groups is 1. The van der Waals surface area contributed by atoms with Crippen LogP contribution in [0, 0.1) is 17.8 Å². The van der Waals surface area contributed by atoms with Crippen molar-refractivity contribution < 1.29 is 63.8 Å². The Hall–Kier alpha value is -7.41. The second kappa shape index (κ2) is 38.4. The van der Waals surface area contributed by atoms with Crippen molar-refractivity contribution >= 4 is 101 Å². The highest BCUT2D eigenvalue weighted by Gasteiger charge is 2.49. The lowest BCUT2D eigenvalue weighted by Gasteiger charge is -2.41. The number of rotatable bonds is 34. The molecule has 0 bridgehead atoms. The number of amides is 5. The van der Waals surface area contributed by atoms with Gasteiger partial charge in [0.1, 0.15) is 17.0 Å². The van der Waals surface area contributed by atoms with Crippen LogP contribution < -0.4 is 30.9 Å². The fraction of sp³-hybridized carbons (Fsp3) is 0.506. The van der Waals surface area contributed by atoms with Crippen LogP contribution in [0.25, 0.3) is 16.0 Å². The van der Waals surface area contributed by atoms with Crippen molar-refractivity contribution in [3.63, 3.8) is 0 Å². The molecule has 596 valence electrons. The molecule has 1 aromatic heterocycles. The molecule has 3 saturated heterocycles. The average molecular weight is 1610 g/mol. The second-order valence-electron chi connectivity index (χ2n) is 30.8. The van der Waals surface area contributed by atoms with E-state index in [4.69, 9.17) is 16.3 Å². The zero-order valence-corrected chi connectivity index (χ0v) is 67.5. The van der Waals surface area contributed by atoms with E-state index in [0.29, 0.717) is 108 Å². The molecule has 5 amide bonds. The molecule has 3 aliphatic heterocycles. The molecule has 6 unspecified atom stereocenters. The van der Waals surface area contributed by atoms with Gasteiger partial charge in [-0.25, -0.2) is 26.5 Å². The summed E-state index contributed by atoms with van der Waals surface area (Å²) >= 11 is 9.36. The summed E-state index contributed by atoms with van der Waals surface area (Å²) in [5, 5.41) is 23.7. The summed E-state index contributed by atoms with van der Waals surface area (Å²) in [5.41, 5.74) is 2.03. The maximum Gasteiger partial charge on any atom is 0.501 e. The predicted octanol–water partition coefficient (Wildman–Crippen LogP) is 13.2. The van der Waals surface area contributed by atoms with Gasteiger partial charge >= 0.3 is 5.51 Å². The molecule has 6 aromatic rings. The number of sulfone groups is 1. The van der Waals surface area contributed by atoms with Crippen LogP contribution in [0.3, 0.4) is 0 Å². The third-order valence-corrected chi connectivity index (χ3v) is 26.4. The number of sulfonamides is 1.